The van der Waals surface area contributed by atoms with Gasteiger partial charge in [-0.2, -0.15) is 22.7 Å². The molecule has 0 radical (unpaired) electrons. The van der Waals surface area contributed by atoms with E-state index >= 15 is 0 Å². The van der Waals surface area contributed by atoms with Crippen LogP contribution < -0.4 is 4.74 Å². The molecule has 65 heavy (non-hydrogen) atoms. The Balaban J connectivity index is 0.000000166. The van der Waals surface area contributed by atoms with Gasteiger partial charge in [0.1, 0.15) is 6.61 Å². The number of pyridine rings is 1. The normalized spacial score (nSPS) is 11.6. The topological polar surface area (TPSA) is 47.9 Å². The van der Waals surface area contributed by atoms with Crippen LogP contribution in [0.3, 0.4) is 0 Å². The zero-order valence-corrected chi connectivity index (χ0v) is 40.9. The van der Waals surface area contributed by atoms with Crippen LogP contribution in [-0.4, -0.2) is 15.0 Å². The molecule has 10 rings (SSSR count). The van der Waals surface area contributed by atoms with Gasteiger partial charge in [0, 0.05) is 37.2 Å². The molecule has 3 heterocycles. The number of benzene rings is 7. The van der Waals surface area contributed by atoms with E-state index in [0.717, 1.165) is 67.6 Å². The molecule has 0 saturated heterocycles. The van der Waals surface area contributed by atoms with E-state index in [0.29, 0.717) is 24.3 Å². The minimum Gasteiger partial charge on any atom is -0.508 e. The molecule has 2 unspecified atom stereocenters. The number of ether oxygens (including phenoxy) is 1. The van der Waals surface area contributed by atoms with Crippen molar-refractivity contribution in [3.8, 4) is 38.1 Å². The molecule has 10 aromatic rings. The van der Waals surface area contributed by atoms with Crippen molar-refractivity contribution in [3.63, 3.8) is 0 Å². The molecule has 0 fully saturated rings. The zero-order valence-electron chi connectivity index (χ0n) is 36.2. The summed E-state index contributed by atoms with van der Waals surface area (Å²) in [6.07, 6.45) is 4.05. The number of para-hydroxylation sites is 2. The van der Waals surface area contributed by atoms with Crippen LogP contribution in [0.2, 0.25) is 0 Å². The fourth-order valence-corrected chi connectivity index (χ4v) is 9.41. The summed E-state index contributed by atoms with van der Waals surface area (Å²) in [5.74, 6) is 2.42. The van der Waals surface area contributed by atoms with Gasteiger partial charge in [-0.25, -0.2) is 0 Å². The molecule has 324 valence electrons. The third-order valence-electron chi connectivity index (χ3n) is 10.9. The molecule has 0 aliphatic rings. The summed E-state index contributed by atoms with van der Waals surface area (Å²) in [5.41, 5.74) is 11.2. The summed E-state index contributed by atoms with van der Waals surface area (Å²) >= 11 is 9.36. The second-order valence-electron chi connectivity index (χ2n) is 15.3. The Kier molecular flexibility index (Phi) is 17.4. The molecule has 0 N–H and O–H groups in total. The second kappa shape index (κ2) is 23.9. The summed E-state index contributed by atoms with van der Waals surface area (Å²) in [6, 6.07) is 71.2. The summed E-state index contributed by atoms with van der Waals surface area (Å²) < 4.78 is 8.51. The van der Waals surface area contributed by atoms with E-state index in [1.165, 1.54) is 26.1 Å². The first-order valence-electron chi connectivity index (χ1n) is 21.5. The van der Waals surface area contributed by atoms with Crippen LogP contribution in [0.25, 0.3) is 52.8 Å². The van der Waals surface area contributed by atoms with Crippen molar-refractivity contribution in [2.24, 2.45) is 0 Å². The first kappa shape index (κ1) is 47.2. The minimum absolute atomic E-state index is 0. The van der Waals surface area contributed by atoms with Gasteiger partial charge in [0.25, 0.3) is 0 Å². The molecule has 0 amide bonds. The van der Waals surface area contributed by atoms with E-state index in [1.807, 2.05) is 121 Å². The van der Waals surface area contributed by atoms with Gasteiger partial charge in [0.15, 0.2) is 0 Å². The molecule has 0 aliphatic carbocycles. The van der Waals surface area contributed by atoms with Gasteiger partial charge in [0.05, 0.1) is 11.0 Å². The molecule has 7 aromatic carbocycles. The van der Waals surface area contributed by atoms with Gasteiger partial charge in [0.2, 0.25) is 0 Å². The number of fused-ring (bicyclic) bond motifs is 2. The van der Waals surface area contributed by atoms with Crippen molar-refractivity contribution in [2.75, 3.05) is 0 Å². The Hall–Kier alpha value is -5.79. The molecule has 0 bridgehead atoms. The number of alkyl halides is 1. The van der Waals surface area contributed by atoms with Crippen LogP contribution in [0.15, 0.2) is 188 Å². The molecule has 0 saturated carbocycles. The Morgan fingerprint density at radius 3 is 1.68 bits per heavy atom. The fourth-order valence-electron chi connectivity index (χ4n) is 7.32. The molecule has 3 aromatic heterocycles. The Morgan fingerprint density at radius 1 is 0.585 bits per heavy atom. The van der Waals surface area contributed by atoms with Gasteiger partial charge in [-0.3, -0.25) is 9.97 Å². The molecule has 4 nitrogen and oxygen atoms in total. The largest absolute Gasteiger partial charge is 3.00 e. The van der Waals surface area contributed by atoms with Crippen molar-refractivity contribution < 1.29 is 24.8 Å². The van der Waals surface area contributed by atoms with E-state index in [1.54, 1.807) is 28.9 Å². The third-order valence-corrected chi connectivity index (χ3v) is 13.3. The maximum atomic E-state index is 6.06. The van der Waals surface area contributed by atoms with E-state index in [2.05, 4.69) is 108 Å². The van der Waals surface area contributed by atoms with Gasteiger partial charge in [-0.05, 0) is 83.0 Å². The Labute approximate surface area is 409 Å². The number of nitrogens with zero attached hydrogens (tertiary/aromatic N) is 3. The number of hydrogen-bond acceptors (Lipinski definition) is 6. The Bertz CT molecular complexity index is 2790. The average molecular weight is 1080 g/mol. The van der Waals surface area contributed by atoms with Crippen molar-refractivity contribution >= 4 is 54.7 Å². The Morgan fingerprint density at radius 2 is 1.14 bits per heavy atom. The molecule has 0 aliphatic heterocycles. The van der Waals surface area contributed by atoms with E-state index in [9.17, 15) is 0 Å². The van der Waals surface area contributed by atoms with Crippen LogP contribution in [0.4, 0.5) is 0 Å². The summed E-state index contributed by atoms with van der Waals surface area (Å²) in [5, 5.41) is 2.08. The quantitative estimate of drug-likeness (QED) is 0.0904. The number of hydrogen-bond donors (Lipinski definition) is 0. The summed E-state index contributed by atoms with van der Waals surface area (Å²) in [4.78, 5) is 13.5. The molecular formula is C57H47ClIrN3OS2. The van der Waals surface area contributed by atoms with Crippen molar-refractivity contribution in [2.45, 2.75) is 51.0 Å². The van der Waals surface area contributed by atoms with Gasteiger partial charge < -0.3 is 9.72 Å². The van der Waals surface area contributed by atoms with Crippen molar-refractivity contribution in [3.05, 3.63) is 229 Å². The monoisotopic (exact) mass is 1080 g/mol. The number of halogens is 1. The average Bonchev–Trinajstić information content (AvgIpc) is 4.02. The number of thiazole rings is 2. The first-order chi connectivity index (χ1) is 31.5. The van der Waals surface area contributed by atoms with Crippen LogP contribution in [0.1, 0.15) is 60.8 Å². The molecule has 0 spiro atoms. The maximum absolute atomic E-state index is 6.06. The summed E-state index contributed by atoms with van der Waals surface area (Å²) in [7, 11) is 0. The van der Waals surface area contributed by atoms with Crippen molar-refractivity contribution in [1.82, 2.24) is 15.0 Å². The van der Waals surface area contributed by atoms with Crippen molar-refractivity contribution in [1.29, 1.82) is 0 Å². The smallest absolute Gasteiger partial charge is 0.508 e. The van der Waals surface area contributed by atoms with E-state index in [4.69, 9.17) is 16.3 Å². The third kappa shape index (κ3) is 12.9. The predicted molar refractivity (Wildman–Crippen MR) is 269 cm³/mol. The number of aromatic nitrogens is 3. The van der Waals surface area contributed by atoms with Crippen LogP contribution in [-0.2, 0) is 32.6 Å². The minimum atomic E-state index is 0. The second-order valence-corrected chi connectivity index (χ2v) is 17.7. The van der Waals surface area contributed by atoms with Gasteiger partial charge >= 0.3 is 20.1 Å². The number of rotatable bonds is 12. The maximum Gasteiger partial charge on any atom is 3.00 e. The summed E-state index contributed by atoms with van der Waals surface area (Å²) in [6.45, 7) is 5.12. The van der Waals surface area contributed by atoms with E-state index in [-0.39, 0.29) is 20.1 Å². The molecule has 8 heteroatoms. The standard InChI is InChI=1S/C31H31ClNO.2C13H8NS.Ir/c1-3-26(28-16-10-24(21-32)11-17-28)19-23(2)27-14-12-25(13-15-27)22-34-30-8-6-7-29(20-30)31-9-4-5-18-33-31;2*1-2-6-10(7-3-1)13-14-11-8-4-5-9-12(11)15-13;/h4-6,8-18,20,23,26H,3,19,21-22H2,1-2H3;2*1-6,8-9H;/q3*-1;+3. The van der Waals surface area contributed by atoms with Gasteiger partial charge in [-0.1, -0.05) is 98.8 Å². The van der Waals surface area contributed by atoms with Gasteiger partial charge in [-0.15, -0.1) is 113 Å². The molecule has 2 atom stereocenters. The predicted octanol–water partition coefficient (Wildman–Crippen LogP) is 16.1. The zero-order chi connectivity index (χ0) is 43.9. The SMILES string of the molecule is CCC(CC(C)c1ccc(COc2cc[c-]c(-c3ccccn3)c2)cc1)c1ccc(CCl)cc1.[Ir+3].[c-]1ccccc1-c1nc2ccccc2s1.[c-]1ccccc1-c1nc2ccccc2s1. The first-order valence-corrected chi connectivity index (χ1v) is 23.6. The molecular weight excluding hydrogens is 1030 g/mol. The van der Waals surface area contributed by atoms with Crippen LogP contribution in [0, 0.1) is 18.2 Å². The van der Waals surface area contributed by atoms with Crippen LogP contribution in [0.5, 0.6) is 5.75 Å². The van der Waals surface area contributed by atoms with E-state index < -0.39 is 0 Å². The fraction of sp³-hybridized carbons (Fsp3) is 0.140. The van der Waals surface area contributed by atoms with Crippen LogP contribution >= 0.6 is 34.3 Å².